The molecule has 3 rings (SSSR count). The van der Waals surface area contributed by atoms with Crippen LogP contribution in [-0.2, 0) is 10.0 Å². The van der Waals surface area contributed by atoms with Crippen molar-refractivity contribution in [3.05, 3.63) is 54.4 Å². The third-order valence-corrected chi connectivity index (χ3v) is 6.51. The Labute approximate surface area is 167 Å². The third kappa shape index (κ3) is 5.21. The minimum atomic E-state index is -3.24. The van der Waals surface area contributed by atoms with Crippen LogP contribution in [0.25, 0.3) is 0 Å². The number of benzene rings is 1. The second kappa shape index (κ2) is 9.36. The number of hydrogen-bond acceptors (Lipinski definition) is 6. The lowest BCUT2D eigenvalue weighted by atomic mass is 10.1. The van der Waals surface area contributed by atoms with E-state index in [1.54, 1.807) is 20.2 Å². The molecular formula is C20H28N4O3S. The van der Waals surface area contributed by atoms with Crippen LogP contribution < -0.4 is 14.4 Å². The quantitative estimate of drug-likeness (QED) is 0.724. The zero-order valence-corrected chi connectivity index (χ0v) is 17.2. The summed E-state index contributed by atoms with van der Waals surface area (Å²) in [7, 11) is -1.58. The number of pyridine rings is 1. The molecule has 28 heavy (non-hydrogen) atoms. The van der Waals surface area contributed by atoms with Crippen molar-refractivity contribution in [2.45, 2.75) is 13.0 Å². The van der Waals surface area contributed by atoms with Crippen molar-refractivity contribution in [2.75, 3.05) is 50.5 Å². The normalized spacial score (nSPS) is 16.7. The van der Waals surface area contributed by atoms with E-state index in [9.17, 15) is 8.42 Å². The summed E-state index contributed by atoms with van der Waals surface area (Å²) in [5, 5.41) is 0. The molecule has 0 spiro atoms. The fraction of sp³-hybridized carbons (Fsp3) is 0.450. The van der Waals surface area contributed by atoms with E-state index in [0.29, 0.717) is 6.54 Å². The third-order valence-electron chi connectivity index (χ3n) is 5.14. The highest BCUT2D eigenvalue weighted by Crippen LogP contribution is 2.25. The highest BCUT2D eigenvalue weighted by atomic mass is 32.2. The molecule has 1 fully saturated rings. The molecule has 1 N–H and O–H groups in total. The van der Waals surface area contributed by atoms with Crippen LogP contribution in [0.15, 0.2) is 48.8 Å². The number of ether oxygens (including phenoxy) is 1. The van der Waals surface area contributed by atoms with Crippen LogP contribution in [0.2, 0.25) is 0 Å². The Hall–Kier alpha value is -2.16. The van der Waals surface area contributed by atoms with Crippen molar-refractivity contribution < 1.29 is 13.2 Å². The average molecular weight is 405 g/mol. The van der Waals surface area contributed by atoms with Gasteiger partial charge >= 0.3 is 0 Å². The minimum Gasteiger partial charge on any atom is -0.497 e. The van der Waals surface area contributed by atoms with Gasteiger partial charge in [0.05, 0.1) is 12.9 Å². The second-order valence-electron chi connectivity index (χ2n) is 6.78. The number of nitrogens with zero attached hydrogens (tertiary/aromatic N) is 3. The summed E-state index contributed by atoms with van der Waals surface area (Å²) < 4.78 is 31.9. The molecule has 0 amide bonds. The number of rotatable bonds is 8. The van der Waals surface area contributed by atoms with Gasteiger partial charge in [-0.2, -0.15) is 0 Å². The molecule has 152 valence electrons. The molecule has 2 aromatic rings. The highest BCUT2D eigenvalue weighted by Gasteiger charge is 2.26. The maximum atomic E-state index is 11.9. The van der Waals surface area contributed by atoms with Gasteiger partial charge in [0.15, 0.2) is 0 Å². The molecule has 1 saturated heterocycles. The number of sulfonamides is 1. The Morgan fingerprint density at radius 3 is 2.43 bits per heavy atom. The highest BCUT2D eigenvalue weighted by molar-refractivity contribution is 7.89. The van der Waals surface area contributed by atoms with Crippen LogP contribution in [0, 0.1) is 0 Å². The van der Waals surface area contributed by atoms with Gasteiger partial charge in [-0.05, 0) is 42.8 Å². The number of nitrogens with one attached hydrogen (secondary N) is 1. The Morgan fingerprint density at radius 1 is 1.14 bits per heavy atom. The summed E-state index contributed by atoms with van der Waals surface area (Å²) in [4.78, 5) is 8.89. The van der Waals surface area contributed by atoms with E-state index in [0.717, 1.165) is 37.5 Å². The van der Waals surface area contributed by atoms with E-state index in [-0.39, 0.29) is 11.8 Å². The van der Waals surface area contributed by atoms with Crippen LogP contribution in [0.5, 0.6) is 5.75 Å². The predicted octanol–water partition coefficient (Wildman–Crippen LogP) is 1.89. The average Bonchev–Trinajstić information content (AvgIpc) is 2.75. The van der Waals surface area contributed by atoms with Crippen molar-refractivity contribution in [3.63, 3.8) is 0 Å². The first-order chi connectivity index (χ1) is 13.5. The Morgan fingerprint density at radius 2 is 1.86 bits per heavy atom. The van der Waals surface area contributed by atoms with Gasteiger partial charge in [-0.3, -0.25) is 9.88 Å². The van der Waals surface area contributed by atoms with Crippen LogP contribution in [0.1, 0.15) is 18.5 Å². The first-order valence-electron chi connectivity index (χ1n) is 9.52. The van der Waals surface area contributed by atoms with Crippen LogP contribution >= 0.6 is 0 Å². The molecule has 0 radical (unpaired) electrons. The number of anilines is 1. The number of hydrogen-bond donors (Lipinski definition) is 1. The molecule has 1 atom stereocenters. The minimum absolute atomic E-state index is 0.0342. The summed E-state index contributed by atoms with van der Waals surface area (Å²) in [6, 6.07) is 12.0. The molecule has 1 aromatic carbocycles. The van der Waals surface area contributed by atoms with Crippen molar-refractivity contribution in [3.8, 4) is 5.75 Å². The van der Waals surface area contributed by atoms with E-state index < -0.39 is 10.0 Å². The summed E-state index contributed by atoms with van der Waals surface area (Å²) in [5.41, 5.74) is 2.20. The zero-order chi connectivity index (χ0) is 20.0. The first kappa shape index (κ1) is 20.6. The smallest absolute Gasteiger partial charge is 0.211 e. The van der Waals surface area contributed by atoms with E-state index in [1.807, 2.05) is 30.5 Å². The maximum Gasteiger partial charge on any atom is 0.211 e. The van der Waals surface area contributed by atoms with Crippen molar-refractivity contribution >= 4 is 15.7 Å². The van der Waals surface area contributed by atoms with E-state index in [1.165, 1.54) is 5.69 Å². The van der Waals surface area contributed by atoms with Gasteiger partial charge in [-0.25, -0.2) is 13.1 Å². The van der Waals surface area contributed by atoms with E-state index in [4.69, 9.17) is 4.74 Å². The summed E-state index contributed by atoms with van der Waals surface area (Å²) >= 11 is 0. The molecular weight excluding hydrogens is 376 g/mol. The maximum absolute atomic E-state index is 11.9. The van der Waals surface area contributed by atoms with Gasteiger partial charge in [0.1, 0.15) is 5.75 Å². The van der Waals surface area contributed by atoms with Gasteiger partial charge in [0.25, 0.3) is 0 Å². The zero-order valence-electron chi connectivity index (χ0n) is 16.4. The van der Waals surface area contributed by atoms with E-state index >= 15 is 0 Å². The van der Waals surface area contributed by atoms with Crippen molar-refractivity contribution in [2.24, 2.45) is 0 Å². The van der Waals surface area contributed by atoms with Crippen LogP contribution in [0.4, 0.5) is 5.69 Å². The monoisotopic (exact) mass is 404 g/mol. The van der Waals surface area contributed by atoms with Gasteiger partial charge in [-0.1, -0.05) is 6.07 Å². The van der Waals surface area contributed by atoms with Gasteiger partial charge < -0.3 is 9.64 Å². The lowest BCUT2D eigenvalue weighted by molar-refractivity contribution is 0.186. The summed E-state index contributed by atoms with van der Waals surface area (Å²) in [6.07, 6.45) is 3.55. The van der Waals surface area contributed by atoms with E-state index in [2.05, 4.69) is 31.6 Å². The molecule has 0 unspecified atom stereocenters. The molecule has 1 aliphatic rings. The lowest BCUT2D eigenvalue weighted by Gasteiger charge is -2.40. The second-order valence-corrected chi connectivity index (χ2v) is 8.87. The molecule has 1 aliphatic heterocycles. The first-order valence-corrected chi connectivity index (χ1v) is 11.2. The molecule has 2 heterocycles. The molecule has 7 nitrogen and oxygen atoms in total. The summed E-state index contributed by atoms with van der Waals surface area (Å²) in [6.45, 7) is 5.45. The SMILES string of the molecule is CCS(=O)(=O)NC[C@@H](c1cccnc1)N1CCN(c2ccc(OC)cc2)CC1. The Bertz CT molecular complexity index is 836. The van der Waals surface area contributed by atoms with Crippen LogP contribution in [0.3, 0.4) is 0 Å². The Balaban J connectivity index is 1.68. The van der Waals surface area contributed by atoms with Gasteiger partial charge in [-0.15, -0.1) is 0 Å². The molecule has 8 heteroatoms. The Kier molecular flexibility index (Phi) is 6.88. The largest absolute Gasteiger partial charge is 0.497 e. The van der Waals surface area contributed by atoms with Gasteiger partial charge in [0, 0.05) is 56.8 Å². The number of aromatic nitrogens is 1. The number of methoxy groups -OCH3 is 1. The fourth-order valence-electron chi connectivity index (χ4n) is 3.42. The topological polar surface area (TPSA) is 74.8 Å². The molecule has 0 saturated carbocycles. The predicted molar refractivity (Wildman–Crippen MR) is 111 cm³/mol. The summed E-state index contributed by atoms with van der Waals surface area (Å²) in [5.74, 6) is 0.931. The molecule has 0 aliphatic carbocycles. The standard InChI is InChI=1S/C20H28N4O3S/c1-3-28(25,26)22-16-20(17-5-4-10-21-15-17)24-13-11-23(12-14-24)18-6-8-19(27-2)9-7-18/h4-10,15,20,22H,3,11-14,16H2,1-2H3/t20-/m0/s1. The number of piperazine rings is 1. The lowest BCUT2D eigenvalue weighted by Crippen LogP contribution is -2.50. The molecule has 0 bridgehead atoms. The fourth-order valence-corrected chi connectivity index (χ4v) is 4.04. The van der Waals surface area contributed by atoms with Gasteiger partial charge in [0.2, 0.25) is 10.0 Å². The van der Waals surface area contributed by atoms with Crippen molar-refractivity contribution in [1.82, 2.24) is 14.6 Å². The van der Waals surface area contributed by atoms with Crippen molar-refractivity contribution in [1.29, 1.82) is 0 Å². The molecule has 1 aromatic heterocycles. The van der Waals surface area contributed by atoms with Crippen LogP contribution in [-0.4, -0.2) is 63.9 Å².